The molecule has 1 N–H and O–H groups in total. The third-order valence-electron chi connectivity index (χ3n) is 4.25. The van der Waals surface area contributed by atoms with Crippen molar-refractivity contribution in [3.8, 4) is 6.07 Å². The molecule has 5 heteroatoms. The molecule has 4 nitrogen and oxygen atoms in total. The predicted molar refractivity (Wildman–Crippen MR) is 89.4 cm³/mol. The van der Waals surface area contributed by atoms with Crippen LogP contribution in [0.25, 0.3) is 10.9 Å². The van der Waals surface area contributed by atoms with Crippen LogP contribution in [0.4, 0.5) is 0 Å². The zero-order valence-electron chi connectivity index (χ0n) is 12.3. The normalized spacial score (nSPS) is 15.6. The fraction of sp³-hybridized carbons (Fsp3) is 0.412. The second kappa shape index (κ2) is 6.53. The number of nitriles is 1. The Bertz CT molecular complexity index is 738. The van der Waals surface area contributed by atoms with E-state index in [4.69, 9.17) is 0 Å². The molecule has 1 aliphatic carbocycles. The molecule has 0 radical (unpaired) electrons. The van der Waals surface area contributed by atoms with E-state index < -0.39 is 0 Å². The molecule has 1 aromatic heterocycles. The summed E-state index contributed by atoms with van der Waals surface area (Å²) in [5, 5.41) is 13.3. The van der Waals surface area contributed by atoms with Crippen molar-refractivity contribution in [2.24, 2.45) is 0 Å². The summed E-state index contributed by atoms with van der Waals surface area (Å²) < 4.78 is 2.79. The number of aromatic nitrogens is 1. The van der Waals surface area contributed by atoms with Crippen molar-refractivity contribution in [3.63, 3.8) is 0 Å². The Morgan fingerprint density at radius 3 is 2.86 bits per heavy atom. The van der Waals surface area contributed by atoms with Gasteiger partial charge in [-0.2, -0.15) is 5.26 Å². The van der Waals surface area contributed by atoms with Crippen LogP contribution in [0.1, 0.15) is 37.7 Å². The average Bonchev–Trinajstić information content (AvgIpc) is 2.85. The van der Waals surface area contributed by atoms with Gasteiger partial charge in [-0.25, -0.2) is 0 Å². The first kappa shape index (κ1) is 15.1. The van der Waals surface area contributed by atoms with Gasteiger partial charge in [-0.3, -0.25) is 4.79 Å². The maximum absolute atomic E-state index is 12.3. The van der Waals surface area contributed by atoms with E-state index in [0.29, 0.717) is 11.6 Å². The van der Waals surface area contributed by atoms with Gasteiger partial charge in [0.25, 0.3) is 0 Å². The molecule has 114 valence electrons. The average molecular weight is 360 g/mol. The summed E-state index contributed by atoms with van der Waals surface area (Å²) in [7, 11) is 0. The molecular formula is C17H18BrN3O. The van der Waals surface area contributed by atoms with Crippen LogP contribution in [0.3, 0.4) is 0 Å². The predicted octanol–water partition coefficient (Wildman–Crippen LogP) is 3.72. The molecule has 1 heterocycles. The number of nitrogens with one attached hydrogen (secondary N) is 1. The van der Waals surface area contributed by atoms with Gasteiger partial charge < -0.3 is 9.88 Å². The Morgan fingerprint density at radius 2 is 2.14 bits per heavy atom. The summed E-state index contributed by atoms with van der Waals surface area (Å²) in [6, 6.07) is 8.30. The summed E-state index contributed by atoms with van der Waals surface area (Å²) in [5.41, 5.74) is 1.51. The highest BCUT2D eigenvalue weighted by Gasteiger charge is 2.17. The van der Waals surface area contributed by atoms with Crippen LogP contribution in [0.2, 0.25) is 0 Å². The van der Waals surface area contributed by atoms with Gasteiger partial charge in [0.15, 0.2) is 0 Å². The number of rotatable bonds is 3. The maximum atomic E-state index is 12.3. The van der Waals surface area contributed by atoms with Gasteiger partial charge in [-0.1, -0.05) is 35.2 Å². The van der Waals surface area contributed by atoms with E-state index in [1.165, 1.54) is 19.3 Å². The fourth-order valence-corrected chi connectivity index (χ4v) is 3.53. The monoisotopic (exact) mass is 359 g/mol. The van der Waals surface area contributed by atoms with Crippen molar-refractivity contribution in [2.75, 3.05) is 0 Å². The van der Waals surface area contributed by atoms with Crippen LogP contribution >= 0.6 is 15.9 Å². The van der Waals surface area contributed by atoms with Crippen LogP contribution in [-0.2, 0) is 11.3 Å². The lowest BCUT2D eigenvalue weighted by Crippen LogP contribution is -2.38. The smallest absolute Gasteiger partial charge is 0.240 e. The van der Waals surface area contributed by atoms with Gasteiger partial charge in [0.1, 0.15) is 12.6 Å². The Kier molecular flexibility index (Phi) is 4.49. The van der Waals surface area contributed by atoms with E-state index >= 15 is 0 Å². The topological polar surface area (TPSA) is 57.8 Å². The fourth-order valence-electron chi connectivity index (χ4n) is 3.16. The first-order valence-corrected chi connectivity index (χ1v) is 8.44. The molecule has 0 saturated heterocycles. The molecule has 0 atom stereocenters. The lowest BCUT2D eigenvalue weighted by Gasteiger charge is -2.22. The van der Waals surface area contributed by atoms with Gasteiger partial charge in [0, 0.05) is 27.6 Å². The molecule has 0 bridgehead atoms. The molecule has 1 saturated carbocycles. The van der Waals surface area contributed by atoms with E-state index in [1.807, 2.05) is 22.8 Å². The molecule has 0 unspecified atom stereocenters. The summed E-state index contributed by atoms with van der Waals surface area (Å²) in [6.07, 6.45) is 7.59. The van der Waals surface area contributed by atoms with Gasteiger partial charge in [-0.15, -0.1) is 0 Å². The van der Waals surface area contributed by atoms with E-state index in [-0.39, 0.29) is 12.5 Å². The Hall–Kier alpha value is -1.80. The molecular weight excluding hydrogens is 342 g/mol. The number of amides is 1. The second-order valence-corrected chi connectivity index (χ2v) is 6.76. The van der Waals surface area contributed by atoms with Gasteiger partial charge in [0.2, 0.25) is 5.91 Å². The largest absolute Gasteiger partial charge is 0.352 e. The standard InChI is InChI=1S/C17H18BrN3O/c18-13-6-7-16-15(8-13)12(9-19)10-21(16)11-17(22)20-14-4-2-1-3-5-14/h6-8,10,14H,1-5,11H2,(H,20,22). The molecule has 1 amide bonds. The number of carbonyl (C=O) groups excluding carboxylic acids is 1. The van der Waals surface area contributed by atoms with Crippen molar-refractivity contribution in [3.05, 3.63) is 34.4 Å². The lowest BCUT2D eigenvalue weighted by atomic mass is 9.95. The van der Waals surface area contributed by atoms with Crippen LogP contribution in [0, 0.1) is 11.3 Å². The first-order valence-electron chi connectivity index (χ1n) is 7.65. The number of hydrogen-bond donors (Lipinski definition) is 1. The lowest BCUT2D eigenvalue weighted by molar-refractivity contribution is -0.122. The molecule has 1 aromatic carbocycles. The van der Waals surface area contributed by atoms with Gasteiger partial charge in [-0.05, 0) is 31.0 Å². The number of hydrogen-bond acceptors (Lipinski definition) is 2. The minimum atomic E-state index is 0.0243. The quantitative estimate of drug-likeness (QED) is 0.907. The van der Waals surface area contributed by atoms with Crippen molar-refractivity contribution >= 4 is 32.7 Å². The number of benzene rings is 1. The first-order chi connectivity index (χ1) is 10.7. The summed E-state index contributed by atoms with van der Waals surface area (Å²) in [4.78, 5) is 12.3. The Morgan fingerprint density at radius 1 is 1.36 bits per heavy atom. The zero-order chi connectivity index (χ0) is 15.5. The number of fused-ring (bicyclic) bond motifs is 1. The molecule has 0 spiro atoms. The number of carbonyl (C=O) groups is 1. The van der Waals surface area contributed by atoms with E-state index in [2.05, 4.69) is 27.3 Å². The minimum Gasteiger partial charge on any atom is -0.352 e. The highest BCUT2D eigenvalue weighted by molar-refractivity contribution is 9.10. The van der Waals surface area contributed by atoms with Gasteiger partial charge >= 0.3 is 0 Å². The van der Waals surface area contributed by atoms with Crippen molar-refractivity contribution in [2.45, 2.75) is 44.7 Å². The van der Waals surface area contributed by atoms with E-state index in [0.717, 1.165) is 28.2 Å². The molecule has 1 aliphatic rings. The molecule has 0 aliphatic heterocycles. The maximum Gasteiger partial charge on any atom is 0.240 e. The Balaban J connectivity index is 1.78. The summed E-state index contributed by atoms with van der Waals surface area (Å²) in [6.45, 7) is 0.260. The van der Waals surface area contributed by atoms with Crippen LogP contribution in [0.5, 0.6) is 0 Å². The molecule has 2 aromatic rings. The number of halogens is 1. The minimum absolute atomic E-state index is 0.0243. The Labute approximate surface area is 138 Å². The van der Waals surface area contributed by atoms with Crippen molar-refractivity contribution < 1.29 is 4.79 Å². The molecule has 22 heavy (non-hydrogen) atoms. The highest BCUT2D eigenvalue weighted by Crippen LogP contribution is 2.25. The summed E-state index contributed by atoms with van der Waals surface area (Å²) in [5.74, 6) is 0.0243. The molecule has 1 fully saturated rings. The third-order valence-corrected chi connectivity index (χ3v) is 4.74. The van der Waals surface area contributed by atoms with E-state index in [9.17, 15) is 10.1 Å². The zero-order valence-corrected chi connectivity index (χ0v) is 13.9. The highest BCUT2D eigenvalue weighted by atomic mass is 79.9. The second-order valence-electron chi connectivity index (χ2n) is 5.85. The number of nitrogens with zero attached hydrogens (tertiary/aromatic N) is 2. The third kappa shape index (κ3) is 3.17. The SMILES string of the molecule is N#Cc1cn(CC(=O)NC2CCCCC2)c2ccc(Br)cc12. The van der Waals surface area contributed by atoms with Gasteiger partial charge in [0.05, 0.1) is 5.56 Å². The van der Waals surface area contributed by atoms with Crippen molar-refractivity contribution in [1.29, 1.82) is 5.26 Å². The summed E-state index contributed by atoms with van der Waals surface area (Å²) >= 11 is 3.42. The van der Waals surface area contributed by atoms with Crippen LogP contribution < -0.4 is 5.32 Å². The van der Waals surface area contributed by atoms with E-state index in [1.54, 1.807) is 6.20 Å². The van der Waals surface area contributed by atoms with Crippen LogP contribution in [-0.4, -0.2) is 16.5 Å². The molecule has 3 rings (SSSR count). The van der Waals surface area contributed by atoms with Crippen molar-refractivity contribution in [1.82, 2.24) is 9.88 Å². The van der Waals surface area contributed by atoms with Crippen LogP contribution in [0.15, 0.2) is 28.9 Å².